The number of hydrogen-bond acceptors (Lipinski definition) is 7. The molecule has 5 rings (SSSR count). The predicted molar refractivity (Wildman–Crippen MR) is 122 cm³/mol. The van der Waals surface area contributed by atoms with Gasteiger partial charge in [0.2, 0.25) is 5.95 Å². The minimum Gasteiger partial charge on any atom is -0.495 e. The second-order valence-corrected chi connectivity index (χ2v) is 7.54. The van der Waals surface area contributed by atoms with E-state index in [1.54, 1.807) is 11.8 Å². The van der Waals surface area contributed by atoms with Crippen LogP contribution in [-0.4, -0.2) is 36.6 Å². The van der Waals surface area contributed by atoms with E-state index in [0.29, 0.717) is 11.7 Å². The van der Waals surface area contributed by atoms with Crippen LogP contribution in [0.5, 0.6) is 5.75 Å². The van der Waals surface area contributed by atoms with Crippen molar-refractivity contribution in [3.05, 3.63) is 72.2 Å². The molecular formula is C23H24N8O. The molecule has 1 aromatic carbocycles. The van der Waals surface area contributed by atoms with E-state index in [2.05, 4.69) is 32.7 Å². The van der Waals surface area contributed by atoms with Crippen LogP contribution in [0.25, 0.3) is 17.2 Å². The van der Waals surface area contributed by atoms with E-state index in [9.17, 15) is 0 Å². The van der Waals surface area contributed by atoms with Gasteiger partial charge in [-0.1, -0.05) is 6.07 Å². The number of anilines is 2. The molecule has 0 bridgehead atoms. The maximum absolute atomic E-state index is 5.62. The number of nitrogens with zero attached hydrogens (tertiary/aromatic N) is 6. The molecule has 0 saturated carbocycles. The molecule has 9 heteroatoms. The van der Waals surface area contributed by atoms with Gasteiger partial charge in [0.05, 0.1) is 36.9 Å². The average Bonchev–Trinajstić information content (AvgIpc) is 3.48. The highest BCUT2D eigenvalue weighted by Crippen LogP contribution is 2.33. The molecule has 32 heavy (non-hydrogen) atoms. The lowest BCUT2D eigenvalue weighted by Crippen LogP contribution is -2.22. The molecule has 162 valence electrons. The Hall–Kier alpha value is -4.14. The molecule has 0 saturated heterocycles. The largest absolute Gasteiger partial charge is 0.495 e. The van der Waals surface area contributed by atoms with Gasteiger partial charge in [-0.05, 0) is 36.9 Å². The average molecular weight is 429 g/mol. The Morgan fingerprint density at radius 1 is 1.12 bits per heavy atom. The van der Waals surface area contributed by atoms with E-state index < -0.39 is 0 Å². The van der Waals surface area contributed by atoms with Crippen LogP contribution in [0, 0.1) is 0 Å². The normalized spacial score (nSPS) is 14.7. The molecule has 0 radical (unpaired) electrons. The Morgan fingerprint density at radius 2 is 2.03 bits per heavy atom. The Kier molecular flexibility index (Phi) is 5.06. The van der Waals surface area contributed by atoms with Gasteiger partial charge in [0.1, 0.15) is 5.75 Å². The van der Waals surface area contributed by atoms with E-state index in [4.69, 9.17) is 9.72 Å². The summed E-state index contributed by atoms with van der Waals surface area (Å²) in [5.74, 6) is 1.20. The highest BCUT2D eigenvalue weighted by molar-refractivity contribution is 5.72. The Balaban J connectivity index is 1.45. The molecule has 9 nitrogen and oxygen atoms in total. The number of aryl methyl sites for hydroxylation is 2. The Labute approximate surface area is 185 Å². The second-order valence-electron chi connectivity index (χ2n) is 7.54. The SMILES string of the molecule is CCn1cc(C2NC=Cc3cnc(Nc4ccc(-c5cnn(C)c5)cc4OC)nc32)cn1. The zero-order chi connectivity index (χ0) is 22.1. The molecule has 2 N–H and O–H groups in total. The molecule has 1 atom stereocenters. The third kappa shape index (κ3) is 3.68. The fourth-order valence-corrected chi connectivity index (χ4v) is 3.76. The summed E-state index contributed by atoms with van der Waals surface area (Å²) in [5.41, 5.74) is 5.76. The molecule has 1 aliphatic heterocycles. The number of nitrogens with one attached hydrogen (secondary N) is 2. The van der Waals surface area contributed by atoms with Crippen molar-refractivity contribution < 1.29 is 4.74 Å². The summed E-state index contributed by atoms with van der Waals surface area (Å²) in [6.45, 7) is 2.89. The second kappa shape index (κ2) is 8.18. The number of benzene rings is 1. The van der Waals surface area contributed by atoms with Gasteiger partial charge in [-0.25, -0.2) is 9.97 Å². The number of methoxy groups -OCH3 is 1. The molecule has 4 heterocycles. The summed E-state index contributed by atoms with van der Waals surface area (Å²) in [6, 6.07) is 5.87. The summed E-state index contributed by atoms with van der Waals surface area (Å²) >= 11 is 0. The van der Waals surface area contributed by atoms with Crippen molar-refractivity contribution in [3.8, 4) is 16.9 Å². The first kappa shape index (κ1) is 19.8. The lowest BCUT2D eigenvalue weighted by atomic mass is 10.0. The summed E-state index contributed by atoms with van der Waals surface area (Å²) in [6.07, 6.45) is 13.4. The van der Waals surface area contributed by atoms with E-state index in [-0.39, 0.29) is 6.04 Å². The van der Waals surface area contributed by atoms with Gasteiger partial charge >= 0.3 is 0 Å². The van der Waals surface area contributed by atoms with Gasteiger partial charge < -0.3 is 15.4 Å². The maximum Gasteiger partial charge on any atom is 0.227 e. The molecular weight excluding hydrogens is 404 g/mol. The van der Waals surface area contributed by atoms with Crippen LogP contribution in [0.1, 0.15) is 29.8 Å². The first-order valence-electron chi connectivity index (χ1n) is 10.4. The van der Waals surface area contributed by atoms with Crippen LogP contribution < -0.4 is 15.4 Å². The van der Waals surface area contributed by atoms with Crippen molar-refractivity contribution in [3.63, 3.8) is 0 Å². The first-order valence-corrected chi connectivity index (χ1v) is 10.4. The van der Waals surface area contributed by atoms with E-state index in [1.165, 1.54) is 0 Å². The molecule has 0 aliphatic carbocycles. The summed E-state index contributed by atoms with van der Waals surface area (Å²) < 4.78 is 9.31. The topological polar surface area (TPSA) is 94.7 Å². The maximum atomic E-state index is 5.62. The third-order valence-electron chi connectivity index (χ3n) is 5.44. The summed E-state index contributed by atoms with van der Waals surface area (Å²) in [5, 5.41) is 15.3. The van der Waals surface area contributed by atoms with E-state index in [0.717, 1.165) is 40.2 Å². The Bertz CT molecular complexity index is 1290. The third-order valence-corrected chi connectivity index (χ3v) is 5.44. The van der Waals surface area contributed by atoms with E-state index in [1.807, 2.05) is 73.2 Å². The van der Waals surface area contributed by atoms with Crippen molar-refractivity contribution in [1.29, 1.82) is 0 Å². The summed E-state index contributed by atoms with van der Waals surface area (Å²) in [7, 11) is 3.55. The molecule has 1 aliphatic rings. The van der Waals surface area contributed by atoms with Crippen molar-refractivity contribution in [1.82, 2.24) is 34.8 Å². The van der Waals surface area contributed by atoms with Crippen LogP contribution in [0.2, 0.25) is 0 Å². The molecule has 3 aromatic heterocycles. The van der Waals surface area contributed by atoms with Gasteiger partial charge in [0.15, 0.2) is 0 Å². The number of ether oxygens (including phenoxy) is 1. The van der Waals surface area contributed by atoms with Crippen molar-refractivity contribution in [2.75, 3.05) is 12.4 Å². The number of hydrogen-bond donors (Lipinski definition) is 2. The minimum absolute atomic E-state index is 0.0892. The first-order chi connectivity index (χ1) is 15.6. The van der Waals surface area contributed by atoms with Gasteiger partial charge in [0.25, 0.3) is 0 Å². The zero-order valence-electron chi connectivity index (χ0n) is 18.1. The number of aromatic nitrogens is 6. The highest BCUT2D eigenvalue weighted by atomic mass is 16.5. The quantitative estimate of drug-likeness (QED) is 0.485. The fourth-order valence-electron chi connectivity index (χ4n) is 3.76. The van der Waals surface area contributed by atoms with E-state index >= 15 is 0 Å². The number of fused-ring (bicyclic) bond motifs is 1. The van der Waals surface area contributed by atoms with Gasteiger partial charge in [-0.2, -0.15) is 10.2 Å². The van der Waals surface area contributed by atoms with Crippen LogP contribution >= 0.6 is 0 Å². The van der Waals surface area contributed by atoms with Crippen molar-refractivity contribution >= 4 is 17.7 Å². The monoisotopic (exact) mass is 428 g/mol. The smallest absolute Gasteiger partial charge is 0.227 e. The molecule has 1 unspecified atom stereocenters. The van der Waals surface area contributed by atoms with Crippen molar-refractivity contribution in [2.24, 2.45) is 7.05 Å². The molecule has 0 amide bonds. The fraction of sp³-hybridized carbons (Fsp3) is 0.217. The van der Waals surface area contributed by atoms with Crippen LogP contribution in [0.15, 0.2) is 55.4 Å². The summed E-state index contributed by atoms with van der Waals surface area (Å²) in [4.78, 5) is 9.32. The molecule has 0 fully saturated rings. The van der Waals surface area contributed by atoms with Gasteiger partial charge in [0, 0.05) is 48.9 Å². The van der Waals surface area contributed by atoms with Gasteiger partial charge in [-0.15, -0.1) is 0 Å². The zero-order valence-corrected chi connectivity index (χ0v) is 18.1. The van der Waals surface area contributed by atoms with Gasteiger partial charge in [-0.3, -0.25) is 9.36 Å². The number of rotatable bonds is 6. The van der Waals surface area contributed by atoms with Crippen LogP contribution in [0.4, 0.5) is 11.6 Å². The minimum atomic E-state index is -0.0892. The van der Waals surface area contributed by atoms with Crippen molar-refractivity contribution in [2.45, 2.75) is 19.5 Å². The molecule has 0 spiro atoms. The van der Waals surface area contributed by atoms with Crippen LogP contribution in [-0.2, 0) is 13.6 Å². The highest BCUT2D eigenvalue weighted by Gasteiger charge is 2.23. The standard InChI is InChI=1S/C23H24N8O/c1-4-31-14-18(12-27-31)21-22-16(7-8-24-21)10-25-23(29-22)28-19-6-5-15(9-20(19)32-3)17-11-26-30(2)13-17/h5-14,21,24H,4H2,1-3H3,(H,25,28,29). The Morgan fingerprint density at radius 3 is 2.78 bits per heavy atom. The lowest BCUT2D eigenvalue weighted by molar-refractivity contribution is 0.417. The predicted octanol–water partition coefficient (Wildman–Crippen LogP) is 3.51. The van der Waals surface area contributed by atoms with Crippen LogP contribution in [0.3, 0.4) is 0 Å². The lowest BCUT2D eigenvalue weighted by Gasteiger charge is -2.22. The molecule has 4 aromatic rings.